The Kier molecular flexibility index (Phi) is 7.18. The van der Waals surface area contributed by atoms with E-state index in [1.54, 1.807) is 36.4 Å². The highest BCUT2D eigenvalue weighted by Gasteiger charge is 2.19. The average Bonchev–Trinajstić information content (AvgIpc) is 2.60. The van der Waals surface area contributed by atoms with Crippen molar-refractivity contribution in [1.29, 1.82) is 0 Å². The number of carbonyl (C=O) groups excluding carboxylic acids is 2. The summed E-state index contributed by atoms with van der Waals surface area (Å²) >= 11 is 5.93. The fourth-order valence-electron chi connectivity index (χ4n) is 2.42. The molecule has 2 rings (SSSR count). The number of Topliss-reactive ketones (excluding diaryl/α,β-unsaturated/α-hetero) is 1. The zero-order valence-corrected chi connectivity index (χ0v) is 15.9. The summed E-state index contributed by atoms with van der Waals surface area (Å²) in [6.45, 7) is 4.37. The molecule has 0 saturated carbocycles. The summed E-state index contributed by atoms with van der Waals surface area (Å²) in [5, 5.41) is 3.31. The second-order valence-electron chi connectivity index (χ2n) is 6.09. The first kappa shape index (κ1) is 19.9. The van der Waals surface area contributed by atoms with Crippen molar-refractivity contribution in [2.24, 2.45) is 0 Å². The Morgan fingerprint density at radius 3 is 2.50 bits per heavy atom. The lowest BCUT2D eigenvalue weighted by atomic mass is 10.0. The molecule has 2 aromatic carbocycles. The molecule has 138 valence electrons. The van der Waals surface area contributed by atoms with E-state index in [2.05, 4.69) is 5.32 Å². The first-order chi connectivity index (χ1) is 12.4. The molecule has 1 N–H and O–H groups in total. The Labute approximate surface area is 158 Å². The van der Waals surface area contributed by atoms with E-state index in [1.807, 2.05) is 31.0 Å². The average molecular weight is 375 g/mol. The first-order valence-corrected chi connectivity index (χ1v) is 8.75. The minimum atomic E-state index is -0.287. The van der Waals surface area contributed by atoms with Crippen molar-refractivity contribution < 1.29 is 14.3 Å². The maximum atomic E-state index is 12.6. The molecule has 0 heterocycles. The van der Waals surface area contributed by atoms with Crippen LogP contribution in [0.1, 0.15) is 24.2 Å². The number of nitrogens with zero attached hydrogens (tertiary/aromatic N) is 1. The molecule has 2 aromatic rings. The lowest BCUT2D eigenvalue weighted by molar-refractivity contribution is -0.114. The normalized spacial score (nSPS) is 11.9. The molecule has 0 unspecified atom stereocenters. The summed E-state index contributed by atoms with van der Waals surface area (Å²) < 4.78 is 5.67. The van der Waals surface area contributed by atoms with Crippen LogP contribution in [0, 0.1) is 0 Å². The standard InChI is InChI=1S/C20H23ClN2O3/c1-14(20(25)16-7-9-18(10-8-16)22-15(2)24)23(3)11-12-26-19-6-4-5-17(21)13-19/h4-10,13-14H,11-12H2,1-3H3,(H,22,24)/t14-/m0/s1. The number of ether oxygens (including phenoxy) is 1. The highest BCUT2D eigenvalue weighted by atomic mass is 35.5. The van der Waals surface area contributed by atoms with E-state index in [0.29, 0.717) is 35.2 Å². The second-order valence-corrected chi connectivity index (χ2v) is 6.52. The zero-order valence-electron chi connectivity index (χ0n) is 15.2. The molecule has 0 spiro atoms. The minimum Gasteiger partial charge on any atom is -0.492 e. The number of hydrogen-bond acceptors (Lipinski definition) is 4. The highest BCUT2D eigenvalue weighted by Crippen LogP contribution is 2.17. The number of rotatable bonds is 8. The van der Waals surface area contributed by atoms with Crippen molar-refractivity contribution in [3.63, 3.8) is 0 Å². The van der Waals surface area contributed by atoms with E-state index >= 15 is 0 Å². The molecule has 0 bridgehead atoms. The maximum Gasteiger partial charge on any atom is 0.221 e. The van der Waals surface area contributed by atoms with Crippen molar-refractivity contribution in [3.8, 4) is 5.75 Å². The summed E-state index contributed by atoms with van der Waals surface area (Å²) in [6.07, 6.45) is 0. The van der Waals surface area contributed by atoms with Gasteiger partial charge in [0.1, 0.15) is 12.4 Å². The van der Waals surface area contributed by atoms with Crippen LogP contribution in [0.25, 0.3) is 0 Å². The number of carbonyl (C=O) groups is 2. The highest BCUT2D eigenvalue weighted by molar-refractivity contribution is 6.30. The molecule has 0 aliphatic rings. The van der Waals surface area contributed by atoms with Gasteiger partial charge in [-0.25, -0.2) is 0 Å². The van der Waals surface area contributed by atoms with E-state index < -0.39 is 0 Å². The van der Waals surface area contributed by atoms with Crippen LogP contribution < -0.4 is 10.1 Å². The number of benzene rings is 2. The quantitative estimate of drug-likeness (QED) is 0.712. The molecule has 1 amide bonds. The van der Waals surface area contributed by atoms with Crippen molar-refractivity contribution in [2.45, 2.75) is 19.9 Å². The van der Waals surface area contributed by atoms with Crippen LogP contribution in [0.15, 0.2) is 48.5 Å². The first-order valence-electron chi connectivity index (χ1n) is 8.37. The maximum absolute atomic E-state index is 12.6. The Bertz CT molecular complexity index is 762. The summed E-state index contributed by atoms with van der Waals surface area (Å²) in [5.41, 5.74) is 1.28. The molecule has 0 radical (unpaired) electrons. The van der Waals surface area contributed by atoms with Gasteiger partial charge in [0, 0.05) is 29.7 Å². The number of likely N-dealkylation sites (N-methyl/N-ethyl adjacent to an activating group) is 1. The third-order valence-corrected chi connectivity index (χ3v) is 4.27. The lowest BCUT2D eigenvalue weighted by Crippen LogP contribution is -2.38. The predicted octanol–water partition coefficient (Wildman–Crippen LogP) is 3.88. The Hall–Kier alpha value is -2.37. The predicted molar refractivity (Wildman–Crippen MR) is 104 cm³/mol. The van der Waals surface area contributed by atoms with Crippen LogP contribution in [-0.4, -0.2) is 42.8 Å². The van der Waals surface area contributed by atoms with E-state index in [9.17, 15) is 9.59 Å². The van der Waals surface area contributed by atoms with Gasteiger partial charge in [-0.3, -0.25) is 14.5 Å². The van der Waals surface area contributed by atoms with Gasteiger partial charge in [0.25, 0.3) is 0 Å². The third kappa shape index (κ3) is 5.86. The molecule has 5 nitrogen and oxygen atoms in total. The number of nitrogens with one attached hydrogen (secondary N) is 1. The van der Waals surface area contributed by atoms with Crippen LogP contribution in [0.4, 0.5) is 5.69 Å². The molecular formula is C20H23ClN2O3. The van der Waals surface area contributed by atoms with Crippen LogP contribution >= 0.6 is 11.6 Å². The summed E-state index contributed by atoms with van der Waals surface area (Å²) in [5.74, 6) is 0.583. The number of anilines is 1. The van der Waals surface area contributed by atoms with Gasteiger partial charge in [-0.1, -0.05) is 17.7 Å². The largest absolute Gasteiger partial charge is 0.492 e. The fourth-order valence-corrected chi connectivity index (χ4v) is 2.60. The molecule has 6 heteroatoms. The number of ketones is 1. The Balaban J connectivity index is 1.87. The number of halogens is 1. The molecular weight excluding hydrogens is 352 g/mol. The summed E-state index contributed by atoms with van der Waals surface area (Å²) in [6, 6.07) is 13.8. The van der Waals surface area contributed by atoms with Gasteiger partial charge in [-0.2, -0.15) is 0 Å². The fraction of sp³-hybridized carbons (Fsp3) is 0.300. The monoisotopic (exact) mass is 374 g/mol. The van der Waals surface area contributed by atoms with E-state index in [0.717, 1.165) is 0 Å². The van der Waals surface area contributed by atoms with Gasteiger partial charge in [0.05, 0.1) is 6.04 Å². The Morgan fingerprint density at radius 2 is 1.88 bits per heavy atom. The third-order valence-electron chi connectivity index (χ3n) is 4.04. The van der Waals surface area contributed by atoms with E-state index in [1.165, 1.54) is 6.92 Å². The van der Waals surface area contributed by atoms with Gasteiger partial charge in [0.15, 0.2) is 5.78 Å². The minimum absolute atomic E-state index is 0.0182. The lowest BCUT2D eigenvalue weighted by Gasteiger charge is -2.23. The van der Waals surface area contributed by atoms with Crippen molar-refractivity contribution in [2.75, 3.05) is 25.5 Å². The molecule has 1 atom stereocenters. The van der Waals surface area contributed by atoms with Crippen LogP contribution in [0.2, 0.25) is 5.02 Å². The molecule has 0 fully saturated rings. The molecule has 0 aliphatic heterocycles. The van der Waals surface area contributed by atoms with Gasteiger partial charge < -0.3 is 10.1 Å². The van der Waals surface area contributed by atoms with Crippen molar-refractivity contribution in [3.05, 3.63) is 59.1 Å². The van der Waals surface area contributed by atoms with Crippen molar-refractivity contribution >= 4 is 29.0 Å². The zero-order chi connectivity index (χ0) is 19.1. The summed E-state index contributed by atoms with van der Waals surface area (Å²) in [4.78, 5) is 25.6. The van der Waals surface area contributed by atoms with Crippen LogP contribution in [-0.2, 0) is 4.79 Å². The molecule has 0 saturated heterocycles. The van der Waals surface area contributed by atoms with Gasteiger partial charge in [-0.15, -0.1) is 0 Å². The molecule has 0 aromatic heterocycles. The van der Waals surface area contributed by atoms with E-state index in [4.69, 9.17) is 16.3 Å². The molecule has 0 aliphatic carbocycles. The topological polar surface area (TPSA) is 58.6 Å². The second kappa shape index (κ2) is 9.36. The number of amides is 1. The van der Waals surface area contributed by atoms with Gasteiger partial charge in [-0.05, 0) is 56.4 Å². The van der Waals surface area contributed by atoms with Gasteiger partial charge in [0.2, 0.25) is 5.91 Å². The van der Waals surface area contributed by atoms with E-state index in [-0.39, 0.29) is 17.7 Å². The number of hydrogen-bond donors (Lipinski definition) is 1. The molecule has 26 heavy (non-hydrogen) atoms. The smallest absolute Gasteiger partial charge is 0.221 e. The van der Waals surface area contributed by atoms with Crippen LogP contribution in [0.3, 0.4) is 0 Å². The van der Waals surface area contributed by atoms with Crippen LogP contribution in [0.5, 0.6) is 5.75 Å². The Morgan fingerprint density at radius 1 is 1.19 bits per heavy atom. The summed E-state index contributed by atoms with van der Waals surface area (Å²) in [7, 11) is 1.88. The van der Waals surface area contributed by atoms with Gasteiger partial charge >= 0.3 is 0 Å². The SMILES string of the molecule is CC(=O)Nc1ccc(C(=O)[C@H](C)N(C)CCOc2cccc(Cl)c2)cc1. The van der Waals surface area contributed by atoms with Crippen molar-refractivity contribution in [1.82, 2.24) is 4.90 Å².